The summed E-state index contributed by atoms with van der Waals surface area (Å²) in [6.45, 7) is 4.05. The first-order chi connectivity index (χ1) is 8.67. The number of hydrogen-bond donors (Lipinski definition) is 1. The van der Waals surface area contributed by atoms with Crippen molar-refractivity contribution in [1.82, 2.24) is 15.0 Å². The zero-order chi connectivity index (χ0) is 13.1. The molecular weight excluding hydrogens is 292 g/mol. The van der Waals surface area contributed by atoms with Crippen molar-refractivity contribution < 1.29 is 0 Å². The zero-order valence-corrected chi connectivity index (χ0v) is 12.2. The Kier molecular flexibility index (Phi) is 3.91. The van der Waals surface area contributed by atoms with E-state index in [4.69, 9.17) is 0 Å². The Balaban J connectivity index is 2.61. The molecule has 2 heterocycles. The van der Waals surface area contributed by atoms with Crippen LogP contribution in [-0.4, -0.2) is 22.0 Å². The summed E-state index contributed by atoms with van der Waals surface area (Å²) >= 11 is 3.47. The number of hydrogen-bond acceptors (Lipinski definition) is 4. The smallest absolute Gasteiger partial charge is 0.180 e. The van der Waals surface area contributed by atoms with Crippen molar-refractivity contribution in [2.75, 3.05) is 12.4 Å². The van der Waals surface area contributed by atoms with Crippen molar-refractivity contribution in [1.29, 1.82) is 0 Å². The first-order valence-corrected chi connectivity index (χ1v) is 6.62. The zero-order valence-electron chi connectivity index (χ0n) is 10.7. The Morgan fingerprint density at radius 3 is 2.78 bits per heavy atom. The predicted octanol–water partition coefficient (Wildman–Crippen LogP) is 3.21. The number of aryl methyl sites for hydroxylation is 2. The van der Waals surface area contributed by atoms with E-state index in [2.05, 4.69) is 49.2 Å². The highest BCUT2D eigenvalue weighted by Crippen LogP contribution is 2.26. The van der Waals surface area contributed by atoms with Crippen LogP contribution in [0.1, 0.15) is 18.2 Å². The molecular formula is C13H15BrN4. The fourth-order valence-corrected chi connectivity index (χ4v) is 2.13. The first-order valence-electron chi connectivity index (χ1n) is 5.83. The van der Waals surface area contributed by atoms with Gasteiger partial charge in [0.25, 0.3) is 0 Å². The van der Waals surface area contributed by atoms with Gasteiger partial charge in [-0.3, -0.25) is 4.98 Å². The van der Waals surface area contributed by atoms with Crippen molar-refractivity contribution in [2.45, 2.75) is 20.3 Å². The molecule has 18 heavy (non-hydrogen) atoms. The standard InChI is InChI=1S/C13H15BrN4/c1-4-9-6-5-7-16-11(9)13-17-8(2)10(14)12(15-3)18-13/h5-7H,4H2,1-3H3,(H,15,17,18). The van der Waals surface area contributed by atoms with E-state index in [0.717, 1.165) is 33.7 Å². The molecule has 0 aliphatic heterocycles. The van der Waals surface area contributed by atoms with Gasteiger partial charge in [0.2, 0.25) is 0 Å². The van der Waals surface area contributed by atoms with E-state index in [9.17, 15) is 0 Å². The third-order valence-corrected chi connectivity index (χ3v) is 3.69. The highest BCUT2D eigenvalue weighted by atomic mass is 79.9. The van der Waals surface area contributed by atoms with Crippen LogP contribution in [-0.2, 0) is 6.42 Å². The minimum Gasteiger partial charge on any atom is -0.372 e. The maximum Gasteiger partial charge on any atom is 0.180 e. The SMILES string of the molecule is CCc1cccnc1-c1nc(C)c(Br)c(NC)n1. The van der Waals surface area contributed by atoms with E-state index >= 15 is 0 Å². The van der Waals surface area contributed by atoms with Crippen LogP contribution in [0.5, 0.6) is 0 Å². The normalized spacial score (nSPS) is 10.4. The van der Waals surface area contributed by atoms with Gasteiger partial charge in [0.15, 0.2) is 5.82 Å². The quantitative estimate of drug-likeness (QED) is 0.946. The minimum atomic E-state index is 0.664. The number of halogens is 1. The van der Waals surface area contributed by atoms with Crippen molar-refractivity contribution in [3.63, 3.8) is 0 Å². The Hall–Kier alpha value is -1.49. The third-order valence-electron chi connectivity index (χ3n) is 2.74. The number of aromatic nitrogens is 3. The van der Waals surface area contributed by atoms with Crippen molar-refractivity contribution >= 4 is 21.7 Å². The molecule has 94 valence electrons. The summed E-state index contributed by atoms with van der Waals surface area (Å²) in [5.74, 6) is 1.45. The van der Waals surface area contributed by atoms with Crippen LogP contribution in [0.3, 0.4) is 0 Å². The molecule has 0 unspecified atom stereocenters. The largest absolute Gasteiger partial charge is 0.372 e. The molecule has 2 aromatic rings. The van der Waals surface area contributed by atoms with Crippen LogP contribution < -0.4 is 5.32 Å². The van der Waals surface area contributed by atoms with Gasteiger partial charge in [-0.2, -0.15) is 0 Å². The maximum absolute atomic E-state index is 4.50. The average Bonchev–Trinajstić information content (AvgIpc) is 2.41. The van der Waals surface area contributed by atoms with Crippen LogP contribution in [0, 0.1) is 6.92 Å². The summed E-state index contributed by atoms with van der Waals surface area (Å²) in [6.07, 6.45) is 2.69. The van der Waals surface area contributed by atoms with Crippen LogP contribution in [0.15, 0.2) is 22.8 Å². The molecule has 0 radical (unpaired) electrons. The van der Waals surface area contributed by atoms with Gasteiger partial charge in [0, 0.05) is 13.2 Å². The monoisotopic (exact) mass is 306 g/mol. The second kappa shape index (κ2) is 5.44. The lowest BCUT2D eigenvalue weighted by atomic mass is 10.1. The van der Waals surface area contributed by atoms with Crippen molar-refractivity contribution in [3.8, 4) is 11.5 Å². The molecule has 1 N–H and O–H groups in total. The Morgan fingerprint density at radius 2 is 2.11 bits per heavy atom. The van der Waals surface area contributed by atoms with Crippen LogP contribution in [0.2, 0.25) is 0 Å². The van der Waals surface area contributed by atoms with Gasteiger partial charge in [-0.15, -0.1) is 0 Å². The highest BCUT2D eigenvalue weighted by Gasteiger charge is 2.12. The molecule has 0 atom stereocenters. The van der Waals surface area contributed by atoms with E-state index in [1.165, 1.54) is 0 Å². The number of anilines is 1. The van der Waals surface area contributed by atoms with Gasteiger partial charge in [0.05, 0.1) is 10.2 Å². The number of rotatable bonds is 3. The number of nitrogens with one attached hydrogen (secondary N) is 1. The molecule has 0 fully saturated rings. The lowest BCUT2D eigenvalue weighted by Gasteiger charge is -2.10. The van der Waals surface area contributed by atoms with Gasteiger partial charge in [0.1, 0.15) is 11.5 Å². The predicted molar refractivity (Wildman–Crippen MR) is 76.6 cm³/mol. The Labute approximate surface area is 115 Å². The summed E-state index contributed by atoms with van der Waals surface area (Å²) in [5, 5.41) is 3.06. The molecule has 0 aliphatic carbocycles. The molecule has 0 aromatic carbocycles. The van der Waals surface area contributed by atoms with Gasteiger partial charge in [-0.25, -0.2) is 9.97 Å². The molecule has 2 rings (SSSR count). The van der Waals surface area contributed by atoms with E-state index in [1.807, 2.05) is 20.0 Å². The van der Waals surface area contributed by atoms with Crippen molar-refractivity contribution in [3.05, 3.63) is 34.1 Å². The van der Waals surface area contributed by atoms with Crippen LogP contribution in [0.25, 0.3) is 11.5 Å². The fourth-order valence-electron chi connectivity index (χ4n) is 1.76. The molecule has 0 amide bonds. The molecule has 5 heteroatoms. The van der Waals surface area contributed by atoms with Gasteiger partial charge < -0.3 is 5.32 Å². The molecule has 0 saturated heterocycles. The van der Waals surface area contributed by atoms with E-state index in [1.54, 1.807) is 6.20 Å². The number of nitrogens with zero attached hydrogens (tertiary/aromatic N) is 3. The average molecular weight is 307 g/mol. The third kappa shape index (κ3) is 2.36. The topological polar surface area (TPSA) is 50.7 Å². The van der Waals surface area contributed by atoms with Gasteiger partial charge in [-0.05, 0) is 40.9 Å². The molecule has 4 nitrogen and oxygen atoms in total. The van der Waals surface area contributed by atoms with Crippen LogP contribution >= 0.6 is 15.9 Å². The Bertz CT molecular complexity index is 569. The molecule has 0 saturated carbocycles. The summed E-state index contributed by atoms with van der Waals surface area (Å²) in [6, 6.07) is 4.00. The lowest BCUT2D eigenvalue weighted by molar-refractivity contribution is 1.04. The lowest BCUT2D eigenvalue weighted by Crippen LogP contribution is -2.03. The first kappa shape index (κ1) is 13.0. The second-order valence-corrected chi connectivity index (χ2v) is 4.70. The van der Waals surface area contributed by atoms with Crippen LogP contribution in [0.4, 0.5) is 5.82 Å². The van der Waals surface area contributed by atoms with Crippen molar-refractivity contribution in [2.24, 2.45) is 0 Å². The van der Waals surface area contributed by atoms with Gasteiger partial charge >= 0.3 is 0 Å². The van der Waals surface area contributed by atoms with E-state index < -0.39 is 0 Å². The van der Waals surface area contributed by atoms with Gasteiger partial charge in [-0.1, -0.05) is 13.0 Å². The van der Waals surface area contributed by atoms with E-state index in [0.29, 0.717) is 5.82 Å². The fraction of sp³-hybridized carbons (Fsp3) is 0.308. The Morgan fingerprint density at radius 1 is 1.33 bits per heavy atom. The molecule has 0 aliphatic rings. The maximum atomic E-state index is 4.50. The molecule has 2 aromatic heterocycles. The summed E-state index contributed by atoms with van der Waals surface area (Å²) < 4.78 is 0.891. The highest BCUT2D eigenvalue weighted by molar-refractivity contribution is 9.10. The molecule has 0 spiro atoms. The minimum absolute atomic E-state index is 0.664. The van der Waals surface area contributed by atoms with E-state index in [-0.39, 0.29) is 0 Å². The summed E-state index contributed by atoms with van der Waals surface area (Å²) in [7, 11) is 1.84. The second-order valence-electron chi connectivity index (χ2n) is 3.91. The molecule has 0 bridgehead atoms. The number of pyridine rings is 1. The summed E-state index contributed by atoms with van der Waals surface area (Å²) in [4.78, 5) is 13.4. The summed E-state index contributed by atoms with van der Waals surface area (Å²) in [5.41, 5.74) is 2.91.